The maximum absolute atomic E-state index is 11.6. The van der Waals surface area contributed by atoms with Crippen LogP contribution < -0.4 is 5.73 Å². The van der Waals surface area contributed by atoms with Crippen molar-refractivity contribution in [1.29, 1.82) is 0 Å². The second kappa shape index (κ2) is 6.21. The van der Waals surface area contributed by atoms with Crippen LogP contribution in [0.2, 0.25) is 0 Å². The molecule has 0 saturated heterocycles. The minimum atomic E-state index is -0.253. The first-order chi connectivity index (χ1) is 7.60. The molecule has 4 nitrogen and oxygen atoms in total. The van der Waals surface area contributed by atoms with E-state index in [1.54, 1.807) is 0 Å². The van der Waals surface area contributed by atoms with Gasteiger partial charge in [0.2, 0.25) is 0 Å². The normalized spacial score (nSPS) is 17.9. The fraction of sp³-hybridized carbons (Fsp3) is 0.917. The predicted molar refractivity (Wildman–Crippen MR) is 64.0 cm³/mol. The molecular weight excluding hydrogens is 204 g/mol. The lowest BCUT2D eigenvalue weighted by Crippen LogP contribution is -2.48. The highest BCUT2D eigenvalue weighted by molar-refractivity contribution is 5.76. The Morgan fingerprint density at radius 3 is 2.50 bits per heavy atom. The van der Waals surface area contributed by atoms with E-state index in [1.165, 1.54) is 20.0 Å². The molecule has 0 bridgehead atoms. The largest absolute Gasteiger partial charge is 0.468 e. The van der Waals surface area contributed by atoms with Crippen molar-refractivity contribution in [2.24, 2.45) is 11.7 Å². The van der Waals surface area contributed by atoms with E-state index >= 15 is 0 Å². The monoisotopic (exact) mass is 228 g/mol. The zero-order chi connectivity index (χ0) is 12.1. The molecule has 1 atom stereocenters. The van der Waals surface area contributed by atoms with E-state index in [0.29, 0.717) is 18.5 Å². The molecule has 0 aromatic carbocycles. The van der Waals surface area contributed by atoms with E-state index in [4.69, 9.17) is 10.5 Å². The minimum absolute atomic E-state index is 0.196. The summed E-state index contributed by atoms with van der Waals surface area (Å²) in [6, 6.07) is 0.294. The second-order valence-electron chi connectivity index (χ2n) is 4.93. The number of carbonyl (C=O) groups is 1. The van der Waals surface area contributed by atoms with Gasteiger partial charge in [0.25, 0.3) is 0 Å². The molecule has 0 radical (unpaired) electrons. The Morgan fingerprint density at radius 2 is 2.12 bits per heavy atom. The maximum atomic E-state index is 11.6. The Kier molecular flexibility index (Phi) is 5.22. The van der Waals surface area contributed by atoms with Crippen LogP contribution in [0.4, 0.5) is 0 Å². The van der Waals surface area contributed by atoms with E-state index in [1.807, 2.05) is 0 Å². The third kappa shape index (κ3) is 3.76. The van der Waals surface area contributed by atoms with E-state index in [9.17, 15) is 4.79 Å². The second-order valence-corrected chi connectivity index (χ2v) is 4.93. The highest BCUT2D eigenvalue weighted by Crippen LogP contribution is 2.29. The molecular formula is C12H24N2O2. The molecule has 16 heavy (non-hydrogen) atoms. The van der Waals surface area contributed by atoms with Crippen molar-refractivity contribution in [2.75, 3.05) is 20.2 Å². The lowest BCUT2D eigenvalue weighted by atomic mass is 10.1. The zero-order valence-electron chi connectivity index (χ0n) is 10.6. The number of hydrogen-bond donors (Lipinski definition) is 1. The number of nitrogens with two attached hydrogens (primary N) is 1. The average molecular weight is 228 g/mol. The van der Waals surface area contributed by atoms with Gasteiger partial charge < -0.3 is 10.5 Å². The molecule has 2 N–H and O–H groups in total. The molecule has 1 rings (SSSR count). The van der Waals surface area contributed by atoms with Gasteiger partial charge in [0.05, 0.1) is 7.11 Å². The summed E-state index contributed by atoms with van der Waals surface area (Å²) in [5.41, 5.74) is 5.68. The number of hydrogen-bond acceptors (Lipinski definition) is 4. The standard InChI is InChI=1S/C12H24N2O2/c1-9(2)6-7-14(10-4-5-10)11(8-13)12(15)16-3/h9-11H,4-8,13H2,1-3H3. The molecule has 0 spiro atoms. The fourth-order valence-corrected chi connectivity index (χ4v) is 1.91. The summed E-state index contributed by atoms with van der Waals surface area (Å²) >= 11 is 0. The first-order valence-corrected chi connectivity index (χ1v) is 6.13. The Morgan fingerprint density at radius 1 is 1.50 bits per heavy atom. The van der Waals surface area contributed by atoms with Crippen molar-refractivity contribution in [3.8, 4) is 0 Å². The van der Waals surface area contributed by atoms with Crippen LogP contribution in [0.25, 0.3) is 0 Å². The van der Waals surface area contributed by atoms with Gasteiger partial charge in [-0.15, -0.1) is 0 Å². The van der Waals surface area contributed by atoms with E-state index < -0.39 is 0 Å². The Balaban J connectivity index is 2.55. The molecule has 1 aliphatic carbocycles. The molecule has 0 aromatic rings. The highest BCUT2D eigenvalue weighted by Gasteiger charge is 2.36. The summed E-state index contributed by atoms with van der Waals surface area (Å²) in [5, 5.41) is 0. The van der Waals surface area contributed by atoms with Crippen molar-refractivity contribution in [3.63, 3.8) is 0 Å². The zero-order valence-corrected chi connectivity index (χ0v) is 10.6. The molecule has 1 fully saturated rings. The lowest BCUT2D eigenvalue weighted by Gasteiger charge is -2.29. The van der Waals surface area contributed by atoms with Gasteiger partial charge in [-0.25, -0.2) is 0 Å². The number of rotatable bonds is 7. The van der Waals surface area contributed by atoms with Gasteiger partial charge in [-0.2, -0.15) is 0 Å². The predicted octanol–water partition coefficient (Wildman–Crippen LogP) is 0.997. The summed E-state index contributed by atoms with van der Waals surface area (Å²) in [7, 11) is 1.43. The van der Waals surface area contributed by atoms with Gasteiger partial charge in [-0.05, 0) is 31.7 Å². The number of methoxy groups -OCH3 is 1. The van der Waals surface area contributed by atoms with Gasteiger partial charge in [0.1, 0.15) is 6.04 Å². The molecule has 4 heteroatoms. The maximum Gasteiger partial charge on any atom is 0.324 e. The summed E-state index contributed by atoms with van der Waals surface area (Å²) < 4.78 is 4.81. The van der Waals surface area contributed by atoms with Crippen LogP contribution in [-0.4, -0.2) is 43.2 Å². The summed E-state index contributed by atoms with van der Waals surface area (Å²) in [6.07, 6.45) is 3.47. The first-order valence-electron chi connectivity index (χ1n) is 6.13. The molecule has 94 valence electrons. The van der Waals surface area contributed by atoms with Crippen LogP contribution >= 0.6 is 0 Å². The lowest BCUT2D eigenvalue weighted by molar-refractivity contribution is -0.147. The van der Waals surface area contributed by atoms with Gasteiger partial charge in [0.15, 0.2) is 0 Å². The third-order valence-electron chi connectivity index (χ3n) is 3.08. The molecule has 0 heterocycles. The van der Waals surface area contributed by atoms with Crippen molar-refractivity contribution >= 4 is 5.97 Å². The third-order valence-corrected chi connectivity index (χ3v) is 3.08. The number of nitrogens with zero attached hydrogens (tertiary/aromatic N) is 1. The van der Waals surface area contributed by atoms with Crippen LogP contribution in [0.5, 0.6) is 0 Å². The fourth-order valence-electron chi connectivity index (χ4n) is 1.91. The topological polar surface area (TPSA) is 55.6 Å². The van der Waals surface area contributed by atoms with Crippen LogP contribution in [0.3, 0.4) is 0 Å². The summed E-state index contributed by atoms with van der Waals surface area (Å²) in [5.74, 6) is 0.454. The first kappa shape index (κ1) is 13.5. The van der Waals surface area contributed by atoms with Crippen molar-refractivity contribution in [1.82, 2.24) is 4.90 Å². The van der Waals surface area contributed by atoms with Gasteiger partial charge in [-0.1, -0.05) is 13.8 Å². The van der Waals surface area contributed by atoms with Crippen molar-refractivity contribution in [3.05, 3.63) is 0 Å². The Hall–Kier alpha value is -0.610. The number of esters is 1. The highest BCUT2D eigenvalue weighted by atomic mass is 16.5. The minimum Gasteiger partial charge on any atom is -0.468 e. The van der Waals surface area contributed by atoms with Gasteiger partial charge in [0, 0.05) is 12.6 Å². The quantitative estimate of drug-likeness (QED) is 0.660. The van der Waals surface area contributed by atoms with Crippen LogP contribution in [0.1, 0.15) is 33.1 Å². The van der Waals surface area contributed by atoms with Crippen LogP contribution in [0, 0.1) is 5.92 Å². The Bertz CT molecular complexity index is 227. The van der Waals surface area contributed by atoms with Crippen molar-refractivity contribution in [2.45, 2.75) is 45.2 Å². The van der Waals surface area contributed by atoms with Gasteiger partial charge >= 0.3 is 5.97 Å². The SMILES string of the molecule is COC(=O)C(CN)N(CCC(C)C)C1CC1. The molecule has 0 aromatic heterocycles. The number of ether oxygens (including phenoxy) is 1. The van der Waals surface area contributed by atoms with Crippen LogP contribution in [0.15, 0.2) is 0 Å². The summed E-state index contributed by atoms with van der Waals surface area (Å²) in [4.78, 5) is 13.8. The smallest absolute Gasteiger partial charge is 0.324 e. The molecule has 1 saturated carbocycles. The Labute approximate surface area is 98.1 Å². The van der Waals surface area contributed by atoms with E-state index in [2.05, 4.69) is 18.7 Å². The van der Waals surface area contributed by atoms with E-state index in [0.717, 1.165) is 13.0 Å². The number of carbonyl (C=O) groups excluding carboxylic acids is 1. The van der Waals surface area contributed by atoms with Gasteiger partial charge in [-0.3, -0.25) is 9.69 Å². The molecule has 1 aliphatic rings. The summed E-state index contributed by atoms with van der Waals surface area (Å²) in [6.45, 7) is 5.68. The molecule has 0 aliphatic heterocycles. The van der Waals surface area contributed by atoms with E-state index in [-0.39, 0.29) is 12.0 Å². The van der Waals surface area contributed by atoms with Crippen LogP contribution in [-0.2, 0) is 9.53 Å². The molecule has 1 unspecified atom stereocenters. The average Bonchev–Trinajstić information content (AvgIpc) is 3.06. The molecule has 0 amide bonds. The van der Waals surface area contributed by atoms with Crippen molar-refractivity contribution < 1.29 is 9.53 Å².